The van der Waals surface area contributed by atoms with Crippen molar-refractivity contribution in [3.8, 4) is 0 Å². The molecule has 1 heterocycles. The molecule has 1 saturated carbocycles. The van der Waals surface area contributed by atoms with Gasteiger partial charge in [0.05, 0.1) is 16.6 Å². The number of sulfonamides is 1. The van der Waals surface area contributed by atoms with E-state index in [9.17, 15) is 13.2 Å². The number of halogens is 1. The summed E-state index contributed by atoms with van der Waals surface area (Å²) in [5.41, 5.74) is 2.22. The molecule has 0 saturated heterocycles. The highest BCUT2D eigenvalue weighted by atomic mass is 35.5. The highest BCUT2D eigenvalue weighted by Gasteiger charge is 2.44. The molecule has 0 spiro atoms. The van der Waals surface area contributed by atoms with Gasteiger partial charge in [0.15, 0.2) is 0 Å². The summed E-state index contributed by atoms with van der Waals surface area (Å²) in [5.74, 6) is 0.223. The zero-order valence-electron chi connectivity index (χ0n) is 18.3. The van der Waals surface area contributed by atoms with Gasteiger partial charge >= 0.3 is 0 Å². The van der Waals surface area contributed by atoms with Crippen molar-refractivity contribution in [2.24, 2.45) is 5.92 Å². The Hall–Kier alpha value is -2.83. The van der Waals surface area contributed by atoms with Crippen LogP contribution in [-0.4, -0.2) is 20.4 Å². The summed E-state index contributed by atoms with van der Waals surface area (Å²) in [6, 6.07) is 22.5. The van der Waals surface area contributed by atoms with Crippen molar-refractivity contribution in [1.29, 1.82) is 0 Å². The molecule has 0 aromatic heterocycles. The summed E-state index contributed by atoms with van der Waals surface area (Å²) in [4.78, 5) is 15.2. The number of amides is 1. The van der Waals surface area contributed by atoms with E-state index in [1.807, 2.05) is 66.4 Å². The summed E-state index contributed by atoms with van der Waals surface area (Å²) < 4.78 is 29.5. The van der Waals surface area contributed by atoms with E-state index in [0.29, 0.717) is 17.1 Å². The number of fused-ring (bicyclic) bond motifs is 1. The van der Waals surface area contributed by atoms with E-state index in [4.69, 9.17) is 11.6 Å². The van der Waals surface area contributed by atoms with Crippen molar-refractivity contribution in [1.82, 2.24) is 0 Å². The first-order valence-corrected chi connectivity index (χ1v) is 13.0. The molecular weight excluding hydrogens is 456 g/mol. The lowest BCUT2D eigenvalue weighted by Gasteiger charge is -2.43. The largest absolute Gasteiger partial charge is 0.309 e. The second kappa shape index (κ2) is 8.50. The maximum absolute atomic E-state index is 14.0. The summed E-state index contributed by atoms with van der Waals surface area (Å²) in [5, 5.41) is 0.478. The molecule has 1 aliphatic heterocycles. The summed E-state index contributed by atoms with van der Waals surface area (Å²) in [6.07, 6.45) is 2.35. The highest BCUT2D eigenvalue weighted by molar-refractivity contribution is 7.92. The molecule has 3 aromatic carbocycles. The number of anilines is 2. The molecule has 0 bridgehead atoms. The Morgan fingerprint density at radius 2 is 1.58 bits per heavy atom. The summed E-state index contributed by atoms with van der Waals surface area (Å²) in [7, 11) is -3.91. The van der Waals surface area contributed by atoms with Gasteiger partial charge in [-0.3, -0.25) is 9.10 Å². The quantitative estimate of drug-likeness (QED) is 0.463. The predicted molar refractivity (Wildman–Crippen MR) is 131 cm³/mol. The average molecular weight is 481 g/mol. The minimum atomic E-state index is -3.91. The number of carbonyl (C=O) groups excluding carboxylic acids is 1. The highest BCUT2D eigenvalue weighted by Crippen LogP contribution is 2.46. The van der Waals surface area contributed by atoms with E-state index in [1.54, 1.807) is 12.1 Å². The van der Waals surface area contributed by atoms with Gasteiger partial charge in [-0.15, -0.1) is 0 Å². The van der Waals surface area contributed by atoms with Crippen LogP contribution in [0.4, 0.5) is 11.4 Å². The van der Waals surface area contributed by atoms with Crippen LogP contribution in [0, 0.1) is 5.92 Å². The van der Waals surface area contributed by atoms with Crippen LogP contribution in [-0.2, 0) is 14.8 Å². The Balaban J connectivity index is 1.66. The third kappa shape index (κ3) is 4.02. The molecule has 0 radical (unpaired) electrons. The zero-order valence-corrected chi connectivity index (χ0v) is 19.8. The molecule has 7 heteroatoms. The van der Waals surface area contributed by atoms with Crippen LogP contribution in [0.25, 0.3) is 0 Å². The van der Waals surface area contributed by atoms with Gasteiger partial charge in [0.1, 0.15) is 0 Å². The third-order valence-corrected chi connectivity index (χ3v) is 8.49. The lowest BCUT2D eigenvalue weighted by atomic mass is 9.91. The Bertz CT molecular complexity index is 1270. The molecular formula is C26H25ClN2O3S. The molecule has 5 nitrogen and oxygen atoms in total. The van der Waals surface area contributed by atoms with Gasteiger partial charge < -0.3 is 4.90 Å². The first-order valence-electron chi connectivity index (χ1n) is 11.1. The van der Waals surface area contributed by atoms with Crippen LogP contribution >= 0.6 is 11.6 Å². The summed E-state index contributed by atoms with van der Waals surface area (Å²) in [6.45, 7) is 2.00. The van der Waals surface area contributed by atoms with Gasteiger partial charge in [-0.2, -0.15) is 0 Å². The molecule has 170 valence electrons. The first-order chi connectivity index (χ1) is 15.9. The Morgan fingerprint density at radius 3 is 2.24 bits per heavy atom. The molecule has 5 rings (SSSR count). The van der Waals surface area contributed by atoms with E-state index in [2.05, 4.69) is 0 Å². The molecule has 2 atom stereocenters. The standard InChI is InChI=1S/C26H25ClN2O3S/c1-18-17-25(23-9-5-6-10-24(23)28(18)26(30)19-11-12-19)29(21-7-3-2-4-8-21)33(31,32)22-15-13-20(27)14-16-22/h2-10,13-16,18-19,25H,11-12,17H2,1H3/t18-,25+/m0/s1. The topological polar surface area (TPSA) is 57.7 Å². The minimum absolute atomic E-state index is 0.0834. The second-order valence-electron chi connectivity index (χ2n) is 8.73. The lowest BCUT2D eigenvalue weighted by molar-refractivity contribution is -0.120. The van der Waals surface area contributed by atoms with Gasteiger partial charge in [-0.05, 0) is 74.2 Å². The number of benzene rings is 3. The maximum Gasteiger partial charge on any atom is 0.264 e. The van der Waals surface area contributed by atoms with Crippen molar-refractivity contribution in [2.45, 2.75) is 43.2 Å². The number of carbonyl (C=O) groups is 1. The smallest absolute Gasteiger partial charge is 0.264 e. The molecule has 3 aromatic rings. The van der Waals surface area contributed by atoms with Crippen LogP contribution in [0.2, 0.25) is 5.02 Å². The van der Waals surface area contributed by atoms with E-state index in [0.717, 1.165) is 24.1 Å². The summed E-state index contributed by atoms with van der Waals surface area (Å²) >= 11 is 6.02. The van der Waals surface area contributed by atoms with E-state index < -0.39 is 16.1 Å². The normalized spacial score (nSPS) is 20.2. The Morgan fingerprint density at radius 1 is 0.939 bits per heavy atom. The molecule has 1 aliphatic carbocycles. The molecule has 33 heavy (non-hydrogen) atoms. The van der Waals surface area contributed by atoms with E-state index in [1.165, 1.54) is 16.4 Å². The van der Waals surface area contributed by atoms with Crippen molar-refractivity contribution in [2.75, 3.05) is 9.21 Å². The van der Waals surface area contributed by atoms with Gasteiger partial charge in [0.2, 0.25) is 5.91 Å². The van der Waals surface area contributed by atoms with Crippen LogP contribution < -0.4 is 9.21 Å². The SMILES string of the molecule is C[C@H]1C[C@@H](N(c2ccccc2)S(=O)(=O)c2ccc(Cl)cc2)c2ccccc2N1C(=O)C1CC1. The zero-order chi connectivity index (χ0) is 23.2. The minimum Gasteiger partial charge on any atom is -0.309 e. The van der Waals surface area contributed by atoms with Crippen LogP contribution in [0.15, 0.2) is 83.8 Å². The van der Waals surface area contributed by atoms with Crippen molar-refractivity contribution in [3.05, 3.63) is 89.4 Å². The monoisotopic (exact) mass is 480 g/mol. The Kier molecular flexibility index (Phi) is 5.67. The predicted octanol–water partition coefficient (Wildman–Crippen LogP) is 5.81. The molecule has 2 aliphatic rings. The van der Waals surface area contributed by atoms with Crippen LogP contribution in [0.5, 0.6) is 0 Å². The van der Waals surface area contributed by atoms with Gasteiger partial charge in [-0.25, -0.2) is 8.42 Å². The molecule has 1 amide bonds. The average Bonchev–Trinajstić information content (AvgIpc) is 3.65. The number of hydrogen-bond acceptors (Lipinski definition) is 3. The maximum atomic E-state index is 14.0. The lowest BCUT2D eigenvalue weighted by Crippen LogP contribution is -2.48. The molecule has 0 unspecified atom stereocenters. The first kappa shape index (κ1) is 22.0. The van der Waals surface area contributed by atoms with Crippen LogP contribution in [0.3, 0.4) is 0 Å². The number of nitrogens with zero attached hydrogens (tertiary/aromatic N) is 2. The third-order valence-electron chi connectivity index (χ3n) is 6.39. The van der Waals surface area contributed by atoms with Gasteiger partial charge in [0.25, 0.3) is 10.0 Å². The number of hydrogen-bond donors (Lipinski definition) is 0. The van der Waals surface area contributed by atoms with E-state index in [-0.39, 0.29) is 22.8 Å². The van der Waals surface area contributed by atoms with Gasteiger partial charge in [-0.1, -0.05) is 48.0 Å². The molecule has 1 fully saturated rings. The van der Waals surface area contributed by atoms with Gasteiger partial charge in [0, 0.05) is 22.7 Å². The van der Waals surface area contributed by atoms with Crippen LogP contribution in [0.1, 0.15) is 37.8 Å². The number of rotatable bonds is 5. The number of para-hydroxylation sites is 2. The second-order valence-corrected chi connectivity index (χ2v) is 11.0. The van der Waals surface area contributed by atoms with Crippen molar-refractivity contribution < 1.29 is 13.2 Å². The fourth-order valence-electron chi connectivity index (χ4n) is 4.65. The fraction of sp³-hybridized carbons (Fsp3) is 0.269. The Labute approximate surface area is 199 Å². The molecule has 0 N–H and O–H groups in total. The van der Waals surface area contributed by atoms with E-state index >= 15 is 0 Å². The fourth-order valence-corrected chi connectivity index (χ4v) is 6.41. The van der Waals surface area contributed by atoms with Crippen molar-refractivity contribution >= 4 is 38.9 Å². The van der Waals surface area contributed by atoms with Crippen molar-refractivity contribution in [3.63, 3.8) is 0 Å².